The summed E-state index contributed by atoms with van der Waals surface area (Å²) in [6.45, 7) is 0. The molecule has 2 heterocycles. The van der Waals surface area contributed by atoms with Crippen LogP contribution in [0.4, 0.5) is 0 Å². The number of aromatic amines is 1. The number of hydrogen-bond acceptors (Lipinski definition) is 3. The van der Waals surface area contributed by atoms with Crippen LogP contribution in [0.25, 0.3) is 17.1 Å². The van der Waals surface area contributed by atoms with E-state index in [1.807, 2.05) is 30.3 Å². The van der Waals surface area contributed by atoms with Crippen molar-refractivity contribution >= 4 is 0 Å². The Morgan fingerprint density at radius 1 is 1.11 bits per heavy atom. The molecule has 0 fully saturated rings. The molecule has 0 saturated carbocycles. The van der Waals surface area contributed by atoms with Gasteiger partial charge in [-0.1, -0.05) is 18.2 Å². The molecule has 88 valence electrons. The first-order valence-corrected chi connectivity index (χ1v) is 5.49. The number of para-hydroxylation sites is 1. The van der Waals surface area contributed by atoms with Crippen molar-refractivity contribution in [3.05, 3.63) is 65.3 Å². The molecule has 5 nitrogen and oxygen atoms in total. The van der Waals surface area contributed by atoms with Crippen LogP contribution in [0.5, 0.6) is 0 Å². The highest BCUT2D eigenvalue weighted by Crippen LogP contribution is 2.16. The maximum absolute atomic E-state index is 11.8. The number of rotatable bonds is 2. The number of aromatic nitrogens is 4. The number of benzene rings is 1. The summed E-state index contributed by atoms with van der Waals surface area (Å²) in [5.74, 6) is 0.531. The van der Waals surface area contributed by atoms with E-state index in [2.05, 4.69) is 15.2 Å². The largest absolute Gasteiger partial charge is 0.367 e. The second-order valence-corrected chi connectivity index (χ2v) is 3.78. The molecule has 0 saturated heterocycles. The van der Waals surface area contributed by atoms with Gasteiger partial charge in [0.05, 0.1) is 5.56 Å². The summed E-state index contributed by atoms with van der Waals surface area (Å²) in [4.78, 5) is 14.7. The lowest BCUT2D eigenvalue weighted by molar-refractivity contribution is 1.06. The number of nitrogens with one attached hydrogen (secondary N) is 1. The summed E-state index contributed by atoms with van der Waals surface area (Å²) in [5.41, 5.74) is 1.33. The van der Waals surface area contributed by atoms with Crippen molar-refractivity contribution < 1.29 is 0 Å². The van der Waals surface area contributed by atoms with E-state index in [0.29, 0.717) is 11.4 Å². The molecule has 0 spiro atoms. The lowest BCUT2D eigenvalue weighted by Crippen LogP contribution is -2.07. The average molecular weight is 238 g/mol. The van der Waals surface area contributed by atoms with Gasteiger partial charge in [0.2, 0.25) is 0 Å². The minimum absolute atomic E-state index is 0.0843. The van der Waals surface area contributed by atoms with Crippen LogP contribution in [0.2, 0.25) is 0 Å². The normalized spacial score (nSPS) is 10.4. The van der Waals surface area contributed by atoms with Gasteiger partial charge in [-0.25, -0.2) is 0 Å². The van der Waals surface area contributed by atoms with E-state index in [9.17, 15) is 4.79 Å². The minimum Gasteiger partial charge on any atom is -0.367 e. The molecular formula is C13H10N4O. The maximum atomic E-state index is 11.8. The molecule has 1 N–H and O–H groups in total. The first kappa shape index (κ1) is 10.5. The predicted molar refractivity (Wildman–Crippen MR) is 67.4 cm³/mol. The molecule has 0 unspecified atom stereocenters. The van der Waals surface area contributed by atoms with E-state index >= 15 is 0 Å². The Labute approximate surface area is 103 Å². The van der Waals surface area contributed by atoms with Crippen LogP contribution in [0.1, 0.15) is 0 Å². The number of pyridine rings is 1. The van der Waals surface area contributed by atoms with Gasteiger partial charge in [-0.05, 0) is 12.1 Å². The van der Waals surface area contributed by atoms with Gasteiger partial charge in [0.15, 0.2) is 11.3 Å². The third-order valence-corrected chi connectivity index (χ3v) is 2.65. The minimum atomic E-state index is -0.0843. The van der Waals surface area contributed by atoms with Crippen molar-refractivity contribution in [2.45, 2.75) is 0 Å². The molecule has 5 heteroatoms. The summed E-state index contributed by atoms with van der Waals surface area (Å²) in [7, 11) is 0. The monoisotopic (exact) mass is 238 g/mol. The molecule has 0 aliphatic rings. The van der Waals surface area contributed by atoms with Crippen LogP contribution in [-0.2, 0) is 0 Å². The Bertz CT molecular complexity index is 715. The maximum Gasteiger partial charge on any atom is 0.192 e. The van der Waals surface area contributed by atoms with Crippen LogP contribution in [0, 0.1) is 0 Å². The topological polar surface area (TPSA) is 63.6 Å². The Balaban J connectivity index is 2.20. The van der Waals surface area contributed by atoms with Crippen molar-refractivity contribution in [2.24, 2.45) is 0 Å². The molecule has 2 aromatic heterocycles. The Hall–Kier alpha value is -2.69. The number of nitrogens with zero attached hydrogens (tertiary/aromatic N) is 3. The Morgan fingerprint density at radius 3 is 2.72 bits per heavy atom. The fraction of sp³-hybridized carbons (Fsp3) is 0. The molecule has 0 bridgehead atoms. The SMILES string of the molecule is O=c1cc[nH]cc1-c1nncn1-c1ccccc1. The van der Waals surface area contributed by atoms with Gasteiger partial charge in [-0.2, -0.15) is 0 Å². The first-order chi connectivity index (χ1) is 8.86. The van der Waals surface area contributed by atoms with Gasteiger partial charge >= 0.3 is 0 Å². The van der Waals surface area contributed by atoms with E-state index in [4.69, 9.17) is 0 Å². The lowest BCUT2D eigenvalue weighted by atomic mass is 10.2. The quantitative estimate of drug-likeness (QED) is 0.738. The van der Waals surface area contributed by atoms with Gasteiger partial charge in [-0.15, -0.1) is 10.2 Å². The van der Waals surface area contributed by atoms with Gasteiger partial charge in [0, 0.05) is 24.1 Å². The number of H-pyrrole nitrogens is 1. The molecule has 0 radical (unpaired) electrons. The molecular weight excluding hydrogens is 228 g/mol. The lowest BCUT2D eigenvalue weighted by Gasteiger charge is -2.05. The van der Waals surface area contributed by atoms with Crippen molar-refractivity contribution in [3.8, 4) is 17.1 Å². The fourth-order valence-electron chi connectivity index (χ4n) is 1.79. The highest BCUT2D eigenvalue weighted by atomic mass is 16.1. The Morgan fingerprint density at radius 2 is 1.94 bits per heavy atom. The third kappa shape index (κ3) is 1.71. The fourth-order valence-corrected chi connectivity index (χ4v) is 1.79. The van der Waals surface area contributed by atoms with Gasteiger partial charge in [0.1, 0.15) is 6.33 Å². The highest BCUT2D eigenvalue weighted by molar-refractivity contribution is 5.56. The zero-order valence-electron chi connectivity index (χ0n) is 9.45. The van der Waals surface area contributed by atoms with Gasteiger partial charge in [0.25, 0.3) is 0 Å². The molecule has 0 atom stereocenters. The zero-order valence-corrected chi connectivity index (χ0v) is 9.45. The van der Waals surface area contributed by atoms with E-state index < -0.39 is 0 Å². The highest BCUT2D eigenvalue weighted by Gasteiger charge is 2.11. The van der Waals surface area contributed by atoms with E-state index in [0.717, 1.165) is 5.69 Å². The Kier molecular flexibility index (Phi) is 2.49. The summed E-state index contributed by atoms with van der Waals surface area (Å²) >= 11 is 0. The van der Waals surface area contributed by atoms with Crippen LogP contribution < -0.4 is 5.43 Å². The average Bonchev–Trinajstić information content (AvgIpc) is 2.89. The van der Waals surface area contributed by atoms with Gasteiger partial charge in [-0.3, -0.25) is 9.36 Å². The van der Waals surface area contributed by atoms with Crippen molar-refractivity contribution in [1.29, 1.82) is 0 Å². The van der Waals surface area contributed by atoms with Crippen molar-refractivity contribution in [3.63, 3.8) is 0 Å². The summed E-state index contributed by atoms with van der Waals surface area (Å²) in [6, 6.07) is 11.1. The molecule has 3 rings (SSSR count). The number of hydrogen-bond donors (Lipinski definition) is 1. The smallest absolute Gasteiger partial charge is 0.192 e. The summed E-state index contributed by atoms with van der Waals surface area (Å²) < 4.78 is 1.78. The summed E-state index contributed by atoms with van der Waals surface area (Å²) in [5, 5.41) is 7.89. The molecule has 0 aliphatic carbocycles. The second-order valence-electron chi connectivity index (χ2n) is 3.78. The predicted octanol–water partition coefficient (Wildman–Crippen LogP) is 1.62. The molecule has 3 aromatic rings. The van der Waals surface area contributed by atoms with Gasteiger partial charge < -0.3 is 4.98 Å². The van der Waals surface area contributed by atoms with Crippen LogP contribution in [-0.4, -0.2) is 19.7 Å². The first-order valence-electron chi connectivity index (χ1n) is 5.49. The van der Waals surface area contributed by atoms with Crippen molar-refractivity contribution in [1.82, 2.24) is 19.7 Å². The molecule has 1 aromatic carbocycles. The van der Waals surface area contributed by atoms with Crippen LogP contribution in [0.3, 0.4) is 0 Å². The van der Waals surface area contributed by atoms with E-state index in [1.54, 1.807) is 23.3 Å². The van der Waals surface area contributed by atoms with E-state index in [1.165, 1.54) is 6.07 Å². The third-order valence-electron chi connectivity index (χ3n) is 2.65. The standard InChI is InChI=1S/C13H10N4O/c18-12-6-7-14-8-11(12)13-16-15-9-17(13)10-4-2-1-3-5-10/h1-9H,(H,14,18). The summed E-state index contributed by atoms with van der Waals surface area (Å²) in [6.07, 6.45) is 4.82. The zero-order chi connectivity index (χ0) is 12.4. The molecule has 0 amide bonds. The second kappa shape index (κ2) is 4.29. The van der Waals surface area contributed by atoms with Crippen LogP contribution >= 0.6 is 0 Å². The van der Waals surface area contributed by atoms with Crippen molar-refractivity contribution in [2.75, 3.05) is 0 Å². The molecule has 0 aliphatic heterocycles. The van der Waals surface area contributed by atoms with Crippen LogP contribution in [0.15, 0.2) is 59.9 Å². The molecule has 18 heavy (non-hydrogen) atoms. The van der Waals surface area contributed by atoms with E-state index in [-0.39, 0.29) is 5.43 Å².